The quantitative estimate of drug-likeness (QED) is 0.823. The van der Waals surface area contributed by atoms with Crippen molar-refractivity contribution >= 4 is 11.8 Å². The Morgan fingerprint density at radius 1 is 1.29 bits per heavy atom. The molecule has 76 valence electrons. The fourth-order valence-electron chi connectivity index (χ4n) is 2.08. The van der Waals surface area contributed by atoms with Crippen LogP contribution in [-0.4, -0.2) is 16.6 Å². The van der Waals surface area contributed by atoms with Crippen molar-refractivity contribution in [2.45, 2.75) is 30.4 Å². The summed E-state index contributed by atoms with van der Waals surface area (Å²) in [6.07, 6.45) is 4.75. The Morgan fingerprint density at radius 2 is 1.86 bits per heavy atom. The van der Waals surface area contributed by atoms with E-state index >= 15 is 0 Å². The Labute approximate surface area is 89.5 Å². The first-order valence-electron chi connectivity index (χ1n) is 5.01. The number of phenolic OH excluding ortho intramolecular Hbond substituents is 1. The van der Waals surface area contributed by atoms with Gasteiger partial charge >= 0.3 is 0 Å². The van der Waals surface area contributed by atoms with Crippen LogP contribution in [-0.2, 0) is 5.41 Å². The number of hydrogen-bond acceptors (Lipinski definition) is 2. The maximum Gasteiger partial charge on any atom is 0.115 e. The summed E-state index contributed by atoms with van der Waals surface area (Å²) in [6.45, 7) is 2.30. The van der Waals surface area contributed by atoms with Crippen molar-refractivity contribution in [1.29, 1.82) is 0 Å². The predicted octanol–water partition coefficient (Wildman–Crippen LogP) is 3.18. The molecule has 0 amide bonds. The lowest BCUT2D eigenvalue weighted by atomic mass is 9.93. The molecule has 1 N–H and O–H groups in total. The van der Waals surface area contributed by atoms with Crippen LogP contribution in [0.4, 0.5) is 0 Å². The van der Waals surface area contributed by atoms with Gasteiger partial charge in [0, 0.05) is 10.7 Å². The van der Waals surface area contributed by atoms with E-state index in [2.05, 4.69) is 25.3 Å². The van der Waals surface area contributed by atoms with Gasteiger partial charge in [-0.1, -0.05) is 19.1 Å². The van der Waals surface area contributed by atoms with Gasteiger partial charge in [-0.3, -0.25) is 0 Å². The molecule has 0 spiro atoms. The highest BCUT2D eigenvalue weighted by Gasteiger charge is 2.48. The SMILES string of the molecule is CSC(C)C1(c2ccc(O)cc2)CC1. The molecule has 1 atom stereocenters. The van der Waals surface area contributed by atoms with Crippen LogP contribution in [0.2, 0.25) is 0 Å². The van der Waals surface area contributed by atoms with Crippen molar-refractivity contribution < 1.29 is 5.11 Å². The number of thioether (sulfide) groups is 1. The highest BCUT2D eigenvalue weighted by molar-refractivity contribution is 7.99. The second kappa shape index (κ2) is 3.50. The van der Waals surface area contributed by atoms with E-state index in [1.165, 1.54) is 18.4 Å². The fraction of sp³-hybridized carbons (Fsp3) is 0.500. The van der Waals surface area contributed by atoms with Crippen LogP contribution in [0.25, 0.3) is 0 Å². The zero-order valence-electron chi connectivity index (χ0n) is 8.66. The first-order valence-corrected chi connectivity index (χ1v) is 6.30. The van der Waals surface area contributed by atoms with E-state index < -0.39 is 0 Å². The van der Waals surface area contributed by atoms with E-state index in [1.54, 1.807) is 12.1 Å². The minimum atomic E-state index is 0.362. The van der Waals surface area contributed by atoms with Gasteiger partial charge < -0.3 is 5.11 Å². The van der Waals surface area contributed by atoms with Crippen LogP contribution in [0.15, 0.2) is 24.3 Å². The molecule has 1 aliphatic carbocycles. The Kier molecular flexibility index (Phi) is 2.48. The topological polar surface area (TPSA) is 20.2 Å². The molecule has 1 fully saturated rings. The number of aromatic hydroxyl groups is 1. The van der Waals surface area contributed by atoms with Gasteiger partial charge in [0.15, 0.2) is 0 Å². The van der Waals surface area contributed by atoms with E-state index in [-0.39, 0.29) is 0 Å². The van der Waals surface area contributed by atoms with Crippen LogP contribution in [0.1, 0.15) is 25.3 Å². The second-order valence-electron chi connectivity index (χ2n) is 4.08. The molecule has 0 saturated heterocycles. The summed E-state index contributed by atoms with van der Waals surface area (Å²) < 4.78 is 0. The van der Waals surface area contributed by atoms with Crippen LogP contribution in [0.3, 0.4) is 0 Å². The maximum absolute atomic E-state index is 9.23. The summed E-state index contributed by atoms with van der Waals surface area (Å²) in [7, 11) is 0. The van der Waals surface area contributed by atoms with Crippen LogP contribution < -0.4 is 0 Å². The molecule has 14 heavy (non-hydrogen) atoms. The summed E-state index contributed by atoms with van der Waals surface area (Å²) >= 11 is 1.93. The van der Waals surface area contributed by atoms with E-state index in [0.717, 1.165) is 0 Å². The number of phenols is 1. The van der Waals surface area contributed by atoms with Crippen LogP contribution in [0.5, 0.6) is 5.75 Å². The molecular weight excluding hydrogens is 192 g/mol. The molecule has 0 heterocycles. The highest BCUT2D eigenvalue weighted by atomic mass is 32.2. The van der Waals surface area contributed by atoms with E-state index in [9.17, 15) is 5.11 Å². The van der Waals surface area contributed by atoms with E-state index in [1.807, 2.05) is 11.8 Å². The predicted molar refractivity (Wildman–Crippen MR) is 62.0 cm³/mol. The van der Waals surface area contributed by atoms with Crippen LogP contribution in [0, 0.1) is 0 Å². The molecule has 1 aliphatic rings. The van der Waals surface area contributed by atoms with Crippen molar-refractivity contribution in [3.8, 4) is 5.75 Å². The summed E-state index contributed by atoms with van der Waals surface area (Å²) in [4.78, 5) is 0. The lowest BCUT2D eigenvalue weighted by molar-refractivity contribution is 0.474. The van der Waals surface area contributed by atoms with Crippen molar-refractivity contribution in [3.63, 3.8) is 0 Å². The van der Waals surface area contributed by atoms with Gasteiger partial charge in [-0.2, -0.15) is 11.8 Å². The molecular formula is C12H16OS. The third-order valence-corrected chi connectivity index (χ3v) is 4.52. The van der Waals surface area contributed by atoms with Gasteiger partial charge in [-0.25, -0.2) is 0 Å². The maximum atomic E-state index is 9.23. The minimum Gasteiger partial charge on any atom is -0.508 e. The van der Waals surface area contributed by atoms with Gasteiger partial charge in [0.05, 0.1) is 0 Å². The molecule has 0 radical (unpaired) electrons. The highest BCUT2D eigenvalue weighted by Crippen LogP contribution is 2.54. The Balaban J connectivity index is 2.26. The van der Waals surface area contributed by atoms with E-state index in [0.29, 0.717) is 16.4 Å². The summed E-state index contributed by atoms with van der Waals surface area (Å²) in [5.74, 6) is 0.362. The van der Waals surface area contributed by atoms with Gasteiger partial charge in [0.2, 0.25) is 0 Å². The Bertz CT molecular complexity index is 314. The second-order valence-corrected chi connectivity index (χ2v) is 5.26. The van der Waals surface area contributed by atoms with Crippen molar-refractivity contribution in [2.24, 2.45) is 0 Å². The third kappa shape index (κ3) is 1.52. The smallest absolute Gasteiger partial charge is 0.115 e. The average molecular weight is 208 g/mol. The van der Waals surface area contributed by atoms with Crippen molar-refractivity contribution in [3.05, 3.63) is 29.8 Å². The van der Waals surface area contributed by atoms with Gasteiger partial charge in [-0.05, 0) is 36.8 Å². The zero-order chi connectivity index (χ0) is 10.2. The molecule has 1 aromatic rings. The molecule has 2 heteroatoms. The van der Waals surface area contributed by atoms with Gasteiger partial charge in [0.25, 0.3) is 0 Å². The average Bonchev–Trinajstić information content (AvgIpc) is 2.99. The molecule has 0 bridgehead atoms. The van der Waals surface area contributed by atoms with E-state index in [4.69, 9.17) is 0 Å². The molecule has 2 rings (SSSR count). The minimum absolute atomic E-state index is 0.362. The molecule has 1 nitrogen and oxygen atoms in total. The fourth-order valence-corrected chi connectivity index (χ4v) is 2.91. The first-order chi connectivity index (χ1) is 6.69. The summed E-state index contributed by atoms with van der Waals surface area (Å²) in [5, 5.41) is 9.91. The number of rotatable bonds is 3. The lowest BCUT2D eigenvalue weighted by Gasteiger charge is -2.22. The zero-order valence-corrected chi connectivity index (χ0v) is 9.47. The monoisotopic (exact) mass is 208 g/mol. The Morgan fingerprint density at radius 3 is 2.29 bits per heavy atom. The normalized spacial score (nSPS) is 20.4. The van der Waals surface area contributed by atoms with Crippen molar-refractivity contribution in [2.75, 3.05) is 6.26 Å². The summed E-state index contributed by atoms with van der Waals surface area (Å²) in [6, 6.07) is 7.72. The molecule has 1 aromatic carbocycles. The van der Waals surface area contributed by atoms with Gasteiger partial charge in [-0.15, -0.1) is 0 Å². The largest absolute Gasteiger partial charge is 0.508 e. The summed E-state index contributed by atoms with van der Waals surface area (Å²) in [5.41, 5.74) is 1.78. The first kappa shape index (κ1) is 9.91. The van der Waals surface area contributed by atoms with Crippen LogP contribution >= 0.6 is 11.8 Å². The standard InChI is InChI=1S/C12H16OS/c1-9(14-2)12(7-8-12)10-3-5-11(13)6-4-10/h3-6,9,13H,7-8H2,1-2H3. The molecule has 1 saturated carbocycles. The molecule has 1 unspecified atom stereocenters. The number of benzene rings is 1. The Hall–Kier alpha value is -0.630. The van der Waals surface area contributed by atoms with Crippen molar-refractivity contribution in [1.82, 2.24) is 0 Å². The third-order valence-electron chi connectivity index (χ3n) is 3.36. The number of hydrogen-bond donors (Lipinski definition) is 1. The molecule has 0 aliphatic heterocycles. The molecule has 0 aromatic heterocycles. The lowest BCUT2D eigenvalue weighted by Crippen LogP contribution is -2.19. The van der Waals surface area contributed by atoms with Gasteiger partial charge in [0.1, 0.15) is 5.75 Å².